The molecule has 134 valence electrons. The molecule has 2 rings (SSSR count). The van der Waals surface area contributed by atoms with Crippen LogP contribution in [0, 0.1) is 9.49 Å². The zero-order valence-corrected chi connectivity index (χ0v) is 15.8. The van der Waals surface area contributed by atoms with E-state index in [2.05, 4.69) is 0 Å². The summed E-state index contributed by atoms with van der Waals surface area (Å²) in [5.74, 6) is -1.44. The van der Waals surface area contributed by atoms with Crippen LogP contribution in [-0.2, 0) is 11.2 Å². The zero-order valence-electron chi connectivity index (χ0n) is 12.9. The van der Waals surface area contributed by atoms with Crippen molar-refractivity contribution in [1.29, 1.82) is 0 Å². The van der Waals surface area contributed by atoms with E-state index >= 15 is 0 Å². The van der Waals surface area contributed by atoms with Gasteiger partial charge in [0.1, 0.15) is 5.75 Å². The molecule has 0 amide bonds. The van der Waals surface area contributed by atoms with Gasteiger partial charge in [-0.15, -0.1) is 0 Å². The Morgan fingerprint density at radius 3 is 2.58 bits per heavy atom. The van der Waals surface area contributed by atoms with Crippen molar-refractivity contribution in [3.8, 4) is 5.75 Å². The Labute approximate surface area is 156 Å². The Kier molecular flexibility index (Phi) is 6.28. The van der Waals surface area contributed by atoms with Crippen LogP contribution in [0.4, 0.5) is 13.2 Å². The number of carboxylic acids is 1. The summed E-state index contributed by atoms with van der Waals surface area (Å²) >= 11 is 8.12. The number of aliphatic carboxylic acids is 1. The summed E-state index contributed by atoms with van der Waals surface area (Å²) in [6.07, 6.45) is -1.53. The maximum atomic E-state index is 12.4. The second-order valence-electron chi connectivity index (χ2n) is 5.90. The zero-order chi connectivity index (χ0) is 18.1. The predicted octanol–water partition coefficient (Wildman–Crippen LogP) is 5.42. The number of ether oxygens (including phenoxy) is 1. The summed E-state index contributed by atoms with van der Waals surface area (Å²) in [6, 6.07) is 1.42. The molecule has 3 nitrogen and oxygen atoms in total. The fourth-order valence-electron chi connectivity index (χ4n) is 2.64. The lowest BCUT2D eigenvalue weighted by atomic mass is 9.88. The second-order valence-corrected chi connectivity index (χ2v) is 7.35. The molecule has 0 radical (unpaired) electrons. The molecule has 1 aliphatic carbocycles. The molecule has 1 saturated carbocycles. The topological polar surface area (TPSA) is 46.5 Å². The number of carbonyl (C=O) groups is 1. The quantitative estimate of drug-likeness (QED) is 0.535. The van der Waals surface area contributed by atoms with Gasteiger partial charge in [-0.05, 0) is 58.5 Å². The molecule has 0 bridgehead atoms. The highest BCUT2D eigenvalue weighted by molar-refractivity contribution is 14.1. The minimum Gasteiger partial charge on any atom is -0.483 e. The number of carboxylic acid groups (broad SMARTS) is 1. The molecule has 0 aliphatic heterocycles. The maximum Gasteiger partial charge on any atom is 0.422 e. The minimum atomic E-state index is -4.47. The van der Waals surface area contributed by atoms with E-state index in [4.69, 9.17) is 16.3 Å². The van der Waals surface area contributed by atoms with E-state index in [1.54, 1.807) is 0 Å². The van der Waals surface area contributed by atoms with Gasteiger partial charge in [0.25, 0.3) is 0 Å². The molecule has 24 heavy (non-hydrogen) atoms. The van der Waals surface area contributed by atoms with Gasteiger partial charge in [0, 0.05) is 0 Å². The van der Waals surface area contributed by atoms with Crippen molar-refractivity contribution >= 4 is 40.2 Å². The smallest absolute Gasteiger partial charge is 0.422 e. The molecule has 8 heteroatoms. The van der Waals surface area contributed by atoms with Gasteiger partial charge in [-0.25, -0.2) is 0 Å². The van der Waals surface area contributed by atoms with Crippen LogP contribution in [0.5, 0.6) is 5.75 Å². The van der Waals surface area contributed by atoms with Crippen LogP contribution in [0.25, 0.3) is 0 Å². The molecule has 1 atom stereocenters. The van der Waals surface area contributed by atoms with Crippen molar-refractivity contribution < 1.29 is 27.8 Å². The molecular formula is C16H17ClF3IO3. The fourth-order valence-corrected chi connectivity index (χ4v) is 3.61. The van der Waals surface area contributed by atoms with Crippen LogP contribution < -0.4 is 4.74 Å². The van der Waals surface area contributed by atoms with Crippen molar-refractivity contribution in [3.05, 3.63) is 25.8 Å². The summed E-state index contributed by atoms with van der Waals surface area (Å²) in [5, 5.41) is 9.84. The molecule has 1 aromatic rings. The Morgan fingerprint density at radius 1 is 1.50 bits per heavy atom. The van der Waals surface area contributed by atoms with Gasteiger partial charge >= 0.3 is 12.1 Å². The van der Waals surface area contributed by atoms with Crippen LogP contribution in [0.15, 0.2) is 6.07 Å². The van der Waals surface area contributed by atoms with Gasteiger partial charge in [-0.3, -0.25) is 4.79 Å². The summed E-state index contributed by atoms with van der Waals surface area (Å²) < 4.78 is 42.5. The number of rotatable bonds is 7. The van der Waals surface area contributed by atoms with Crippen LogP contribution >= 0.6 is 34.2 Å². The first kappa shape index (κ1) is 19.6. The molecular weight excluding hydrogens is 460 g/mol. The second kappa shape index (κ2) is 7.68. The number of hydrogen-bond acceptors (Lipinski definition) is 2. The molecule has 0 spiro atoms. The third kappa shape index (κ3) is 4.91. The van der Waals surface area contributed by atoms with E-state index in [1.165, 1.54) is 6.07 Å². The van der Waals surface area contributed by atoms with Gasteiger partial charge < -0.3 is 9.84 Å². The minimum absolute atomic E-state index is 0.0211. The summed E-state index contributed by atoms with van der Waals surface area (Å²) in [6.45, 7) is 0.400. The molecule has 0 heterocycles. The van der Waals surface area contributed by atoms with Crippen LogP contribution in [0.3, 0.4) is 0 Å². The normalized spacial score (nSPS) is 16.1. The maximum absolute atomic E-state index is 12.4. The van der Waals surface area contributed by atoms with Crippen molar-refractivity contribution in [2.45, 2.75) is 44.7 Å². The number of halogens is 5. The van der Waals surface area contributed by atoms with E-state index in [0.29, 0.717) is 33.5 Å². The molecule has 1 aromatic carbocycles. The third-order valence-electron chi connectivity index (χ3n) is 3.99. The van der Waals surface area contributed by atoms with Gasteiger partial charge in [0.05, 0.1) is 14.5 Å². The lowest BCUT2D eigenvalue weighted by Crippen LogP contribution is -2.20. The fraction of sp³-hybridized carbons (Fsp3) is 0.562. The Morgan fingerprint density at radius 2 is 2.12 bits per heavy atom. The molecule has 1 aliphatic rings. The van der Waals surface area contributed by atoms with Crippen molar-refractivity contribution in [2.24, 2.45) is 5.92 Å². The van der Waals surface area contributed by atoms with E-state index in [-0.39, 0.29) is 10.8 Å². The SMILES string of the molecule is CCc1c(C(CC2CC2)C(=O)O)cc(OCC(F)(F)F)c(I)c1Cl. The van der Waals surface area contributed by atoms with Gasteiger partial charge in [-0.2, -0.15) is 13.2 Å². The van der Waals surface area contributed by atoms with E-state index < -0.39 is 24.7 Å². The summed E-state index contributed by atoms with van der Waals surface area (Å²) in [4.78, 5) is 11.7. The lowest BCUT2D eigenvalue weighted by molar-refractivity contribution is -0.153. The summed E-state index contributed by atoms with van der Waals surface area (Å²) in [7, 11) is 0. The largest absolute Gasteiger partial charge is 0.483 e. The molecule has 1 N–H and O–H groups in total. The van der Waals surface area contributed by atoms with Crippen LogP contribution in [0.2, 0.25) is 5.02 Å². The van der Waals surface area contributed by atoms with Crippen molar-refractivity contribution in [2.75, 3.05) is 6.61 Å². The highest BCUT2D eigenvalue weighted by atomic mass is 127. The average Bonchev–Trinajstić information content (AvgIpc) is 3.29. The monoisotopic (exact) mass is 476 g/mol. The van der Waals surface area contributed by atoms with Gasteiger partial charge in [-0.1, -0.05) is 31.4 Å². The first-order valence-corrected chi connectivity index (χ1v) is 9.02. The molecule has 0 saturated heterocycles. The van der Waals surface area contributed by atoms with E-state index in [9.17, 15) is 23.1 Å². The predicted molar refractivity (Wildman–Crippen MR) is 92.8 cm³/mol. The molecule has 1 fully saturated rings. The Balaban J connectivity index is 2.43. The van der Waals surface area contributed by atoms with E-state index in [0.717, 1.165) is 12.8 Å². The Hall–Kier alpha value is -0.700. The van der Waals surface area contributed by atoms with Crippen LogP contribution in [-0.4, -0.2) is 23.9 Å². The van der Waals surface area contributed by atoms with E-state index in [1.807, 2.05) is 29.5 Å². The van der Waals surface area contributed by atoms with Crippen molar-refractivity contribution in [1.82, 2.24) is 0 Å². The standard InChI is InChI=1S/C16H17ClF3IO3/c1-2-9-10(11(15(22)23)5-8-3-4-8)6-12(14(21)13(9)17)24-7-16(18,19)20/h6,8,11H,2-5,7H2,1H3,(H,22,23). The average molecular weight is 477 g/mol. The molecule has 1 unspecified atom stereocenters. The first-order chi connectivity index (χ1) is 11.1. The lowest BCUT2D eigenvalue weighted by Gasteiger charge is -2.21. The first-order valence-electron chi connectivity index (χ1n) is 7.57. The van der Waals surface area contributed by atoms with Crippen molar-refractivity contribution in [3.63, 3.8) is 0 Å². The number of alkyl halides is 3. The van der Waals surface area contributed by atoms with Gasteiger partial charge in [0.2, 0.25) is 0 Å². The third-order valence-corrected chi connectivity index (χ3v) is 5.80. The number of hydrogen-bond donors (Lipinski definition) is 1. The number of benzene rings is 1. The van der Waals surface area contributed by atoms with Crippen LogP contribution in [0.1, 0.15) is 43.2 Å². The highest BCUT2D eigenvalue weighted by Crippen LogP contribution is 2.43. The Bertz CT molecular complexity index is 630. The van der Waals surface area contributed by atoms with Gasteiger partial charge in [0.15, 0.2) is 6.61 Å². The molecule has 0 aromatic heterocycles. The summed E-state index contributed by atoms with van der Waals surface area (Å²) in [5.41, 5.74) is 1.12. The highest BCUT2D eigenvalue weighted by Gasteiger charge is 2.34.